The number of hydrogen-bond donors (Lipinski definition) is 0. The molecule has 0 fully saturated rings. The highest BCUT2D eigenvalue weighted by Crippen LogP contribution is 2.10. The number of rotatable bonds is 5. The smallest absolute Gasteiger partial charge is 0.410 e. The number of hydroxylamine groups is 2. The minimum absolute atomic E-state index is 0.138. The molecule has 2 amide bonds. The minimum Gasteiger partial charge on any atom is -0.444 e. The van der Waals surface area contributed by atoms with Gasteiger partial charge < -0.3 is 4.74 Å². The van der Waals surface area contributed by atoms with Crippen molar-refractivity contribution < 1.29 is 19.2 Å². The van der Waals surface area contributed by atoms with E-state index in [0.29, 0.717) is 6.42 Å². The molecule has 19 heavy (non-hydrogen) atoms. The topological polar surface area (TPSA) is 59.1 Å². The molecule has 6 heteroatoms. The van der Waals surface area contributed by atoms with Crippen molar-refractivity contribution in [3.63, 3.8) is 0 Å². The average Bonchev–Trinajstić information content (AvgIpc) is 2.30. The van der Waals surface area contributed by atoms with Gasteiger partial charge in [-0.1, -0.05) is 0 Å². The number of terminal acetylenes is 1. The van der Waals surface area contributed by atoms with E-state index in [-0.39, 0.29) is 19.0 Å². The number of amides is 2. The summed E-state index contributed by atoms with van der Waals surface area (Å²) in [5.74, 6) is 2.07. The van der Waals surface area contributed by atoms with E-state index in [2.05, 4.69) is 5.92 Å². The number of likely N-dealkylation sites (N-methyl/N-ethyl adjacent to an activating group) is 1. The van der Waals surface area contributed by atoms with Gasteiger partial charge in [-0.2, -0.15) is 0 Å². The lowest BCUT2D eigenvalue weighted by atomic mass is 10.2. The van der Waals surface area contributed by atoms with Crippen molar-refractivity contribution in [2.75, 3.05) is 27.2 Å². The summed E-state index contributed by atoms with van der Waals surface area (Å²) in [6.45, 7) is 5.39. The van der Waals surface area contributed by atoms with Crippen LogP contribution in [0.15, 0.2) is 0 Å². The molecule has 0 rings (SSSR count). The largest absolute Gasteiger partial charge is 0.444 e. The molecule has 0 aliphatic heterocycles. The van der Waals surface area contributed by atoms with Gasteiger partial charge in [-0.25, -0.2) is 9.86 Å². The van der Waals surface area contributed by atoms with Gasteiger partial charge in [0.1, 0.15) is 12.1 Å². The van der Waals surface area contributed by atoms with Gasteiger partial charge in [0.05, 0.1) is 7.11 Å². The highest BCUT2D eigenvalue weighted by atomic mass is 16.7. The molecule has 0 aliphatic rings. The van der Waals surface area contributed by atoms with E-state index in [1.165, 1.54) is 19.1 Å². The first kappa shape index (κ1) is 17.3. The maximum absolute atomic E-state index is 11.9. The quantitative estimate of drug-likeness (QED) is 0.557. The summed E-state index contributed by atoms with van der Waals surface area (Å²) in [6, 6.07) is 0. The van der Waals surface area contributed by atoms with E-state index in [0.717, 1.165) is 5.06 Å². The molecule has 0 aromatic heterocycles. The van der Waals surface area contributed by atoms with Gasteiger partial charge in [0, 0.05) is 20.0 Å². The standard InChI is InChI=1S/C13H22N2O4/c1-7-8-9-15(10-11(16)14(5)18-6)12(17)19-13(2,3)4/h1H,8-10H2,2-6H3. The molecule has 108 valence electrons. The Labute approximate surface area is 114 Å². The molecule has 0 spiro atoms. The van der Waals surface area contributed by atoms with Gasteiger partial charge in [0.2, 0.25) is 0 Å². The van der Waals surface area contributed by atoms with E-state index < -0.39 is 11.7 Å². The predicted molar refractivity (Wildman–Crippen MR) is 71.0 cm³/mol. The van der Waals surface area contributed by atoms with Crippen LogP contribution in [-0.2, 0) is 14.4 Å². The average molecular weight is 270 g/mol. The molecule has 0 bridgehead atoms. The van der Waals surface area contributed by atoms with Gasteiger partial charge in [-0.15, -0.1) is 12.3 Å². The van der Waals surface area contributed by atoms with Crippen LogP contribution in [-0.4, -0.2) is 54.8 Å². The van der Waals surface area contributed by atoms with E-state index in [9.17, 15) is 9.59 Å². The maximum atomic E-state index is 11.9. The van der Waals surface area contributed by atoms with Crippen LogP contribution in [0.25, 0.3) is 0 Å². The van der Waals surface area contributed by atoms with Gasteiger partial charge in [-0.3, -0.25) is 14.5 Å². The first-order chi connectivity index (χ1) is 8.71. The Hall–Kier alpha value is -1.74. The lowest BCUT2D eigenvalue weighted by Gasteiger charge is -2.27. The second kappa shape index (κ2) is 7.64. The van der Waals surface area contributed by atoms with Crippen molar-refractivity contribution in [1.82, 2.24) is 9.96 Å². The summed E-state index contributed by atoms with van der Waals surface area (Å²) in [5, 5.41) is 1.05. The van der Waals surface area contributed by atoms with Crippen molar-refractivity contribution in [3.8, 4) is 12.3 Å². The number of hydrogen-bond acceptors (Lipinski definition) is 4. The van der Waals surface area contributed by atoms with Crippen molar-refractivity contribution in [2.24, 2.45) is 0 Å². The third-order valence-electron chi connectivity index (χ3n) is 2.13. The van der Waals surface area contributed by atoms with E-state index in [1.807, 2.05) is 0 Å². The highest BCUT2D eigenvalue weighted by Gasteiger charge is 2.24. The zero-order valence-corrected chi connectivity index (χ0v) is 12.2. The lowest BCUT2D eigenvalue weighted by Crippen LogP contribution is -2.43. The minimum atomic E-state index is -0.623. The Bertz CT molecular complexity index is 355. The molecular weight excluding hydrogens is 248 g/mol. The van der Waals surface area contributed by atoms with Crippen molar-refractivity contribution >= 4 is 12.0 Å². The molecule has 0 aromatic carbocycles. The molecular formula is C13H22N2O4. The third-order valence-corrected chi connectivity index (χ3v) is 2.13. The molecule has 6 nitrogen and oxygen atoms in total. The van der Waals surface area contributed by atoms with Crippen LogP contribution in [0.2, 0.25) is 0 Å². The summed E-state index contributed by atoms with van der Waals surface area (Å²) in [7, 11) is 2.84. The monoisotopic (exact) mass is 270 g/mol. The summed E-state index contributed by atoms with van der Waals surface area (Å²) in [6.07, 6.45) is 4.95. The molecule has 0 unspecified atom stereocenters. The normalized spacial score (nSPS) is 10.5. The van der Waals surface area contributed by atoms with Crippen LogP contribution in [0.4, 0.5) is 4.79 Å². The van der Waals surface area contributed by atoms with Gasteiger partial charge >= 0.3 is 6.09 Å². The first-order valence-electron chi connectivity index (χ1n) is 5.93. The fourth-order valence-electron chi connectivity index (χ4n) is 1.13. The molecule has 0 aliphatic carbocycles. The van der Waals surface area contributed by atoms with Gasteiger partial charge in [0.15, 0.2) is 0 Å². The fraction of sp³-hybridized carbons (Fsp3) is 0.692. The Kier molecular flexibility index (Phi) is 6.94. The Morgan fingerprint density at radius 2 is 1.89 bits per heavy atom. The maximum Gasteiger partial charge on any atom is 0.410 e. The first-order valence-corrected chi connectivity index (χ1v) is 5.93. The zero-order chi connectivity index (χ0) is 15.1. The van der Waals surface area contributed by atoms with Crippen LogP contribution in [0.1, 0.15) is 27.2 Å². The van der Waals surface area contributed by atoms with Crippen molar-refractivity contribution in [3.05, 3.63) is 0 Å². The van der Waals surface area contributed by atoms with E-state index in [4.69, 9.17) is 16.0 Å². The number of carbonyl (C=O) groups excluding carboxylic acids is 2. The summed E-state index contributed by atoms with van der Waals surface area (Å²) >= 11 is 0. The van der Waals surface area contributed by atoms with Gasteiger partial charge in [-0.05, 0) is 20.8 Å². The third kappa shape index (κ3) is 7.32. The predicted octanol–water partition coefficient (Wildman–Crippen LogP) is 1.27. The molecule has 0 atom stereocenters. The zero-order valence-electron chi connectivity index (χ0n) is 12.2. The summed E-state index contributed by atoms with van der Waals surface area (Å²) in [4.78, 5) is 29.7. The Morgan fingerprint density at radius 3 is 2.32 bits per heavy atom. The second-order valence-electron chi connectivity index (χ2n) is 4.93. The van der Waals surface area contributed by atoms with Crippen molar-refractivity contribution in [1.29, 1.82) is 0 Å². The molecule has 0 saturated carbocycles. The van der Waals surface area contributed by atoms with Crippen LogP contribution in [0.5, 0.6) is 0 Å². The van der Waals surface area contributed by atoms with Crippen molar-refractivity contribution in [2.45, 2.75) is 32.8 Å². The van der Waals surface area contributed by atoms with Crippen LogP contribution < -0.4 is 0 Å². The Balaban J connectivity index is 4.67. The fourth-order valence-corrected chi connectivity index (χ4v) is 1.13. The molecule has 0 radical (unpaired) electrons. The van der Waals surface area contributed by atoms with Gasteiger partial charge in [0.25, 0.3) is 5.91 Å². The summed E-state index contributed by atoms with van der Waals surface area (Å²) < 4.78 is 5.22. The number of nitrogens with zero attached hydrogens (tertiary/aromatic N) is 2. The lowest BCUT2D eigenvalue weighted by molar-refractivity contribution is -0.169. The molecule has 0 aromatic rings. The number of carbonyl (C=O) groups is 2. The highest BCUT2D eigenvalue weighted by molar-refractivity contribution is 5.81. The SMILES string of the molecule is C#CCCN(CC(=O)N(C)OC)C(=O)OC(C)(C)C. The van der Waals surface area contributed by atoms with E-state index >= 15 is 0 Å². The molecule has 0 N–H and O–H groups in total. The molecule has 0 heterocycles. The van der Waals surface area contributed by atoms with Crippen LogP contribution >= 0.6 is 0 Å². The van der Waals surface area contributed by atoms with Crippen LogP contribution in [0.3, 0.4) is 0 Å². The molecule has 0 saturated heterocycles. The van der Waals surface area contributed by atoms with E-state index in [1.54, 1.807) is 20.8 Å². The Morgan fingerprint density at radius 1 is 1.32 bits per heavy atom. The second-order valence-corrected chi connectivity index (χ2v) is 4.93. The van der Waals surface area contributed by atoms with Crippen LogP contribution in [0, 0.1) is 12.3 Å². The summed E-state index contributed by atoms with van der Waals surface area (Å²) in [5.41, 5.74) is -0.623. The number of ether oxygens (including phenoxy) is 1.